The van der Waals surface area contributed by atoms with Gasteiger partial charge in [0.05, 0.1) is 18.6 Å². The highest BCUT2D eigenvalue weighted by Gasteiger charge is 2.24. The summed E-state index contributed by atoms with van der Waals surface area (Å²) >= 11 is 1.33. The molecule has 1 aliphatic carbocycles. The molecule has 0 unspecified atom stereocenters. The molecular formula is C23H25FN4O2S. The lowest BCUT2D eigenvalue weighted by Crippen LogP contribution is -2.17. The maximum atomic E-state index is 13.8. The Hall–Kier alpha value is -2.87. The van der Waals surface area contributed by atoms with Crippen LogP contribution in [0.15, 0.2) is 53.7 Å². The Morgan fingerprint density at radius 3 is 2.58 bits per heavy atom. The molecule has 2 aromatic carbocycles. The van der Waals surface area contributed by atoms with Crippen molar-refractivity contribution in [1.82, 2.24) is 14.8 Å². The van der Waals surface area contributed by atoms with Crippen molar-refractivity contribution in [2.75, 3.05) is 18.2 Å². The molecular weight excluding hydrogens is 415 g/mol. The number of carbonyl (C=O) groups excluding carboxylic acids is 1. The quantitative estimate of drug-likeness (QED) is 0.503. The third-order valence-corrected chi connectivity index (χ3v) is 6.38. The van der Waals surface area contributed by atoms with E-state index in [1.807, 2.05) is 24.3 Å². The highest BCUT2D eigenvalue weighted by molar-refractivity contribution is 7.99. The Balaban J connectivity index is 1.54. The fourth-order valence-electron chi connectivity index (χ4n) is 3.86. The number of hydrogen-bond donors (Lipinski definition) is 1. The van der Waals surface area contributed by atoms with E-state index in [4.69, 9.17) is 4.74 Å². The van der Waals surface area contributed by atoms with Crippen LogP contribution < -0.4 is 10.1 Å². The average Bonchev–Trinajstić information content (AvgIpc) is 3.24. The summed E-state index contributed by atoms with van der Waals surface area (Å²) in [6.07, 6.45) is 5.71. The fourth-order valence-corrected chi connectivity index (χ4v) is 4.67. The van der Waals surface area contributed by atoms with Gasteiger partial charge in [-0.1, -0.05) is 43.2 Å². The van der Waals surface area contributed by atoms with E-state index >= 15 is 0 Å². The zero-order valence-corrected chi connectivity index (χ0v) is 18.2. The van der Waals surface area contributed by atoms with E-state index in [0.717, 1.165) is 30.0 Å². The fraction of sp³-hybridized carbons (Fsp3) is 0.348. The van der Waals surface area contributed by atoms with Crippen molar-refractivity contribution >= 4 is 23.4 Å². The molecule has 0 aliphatic heterocycles. The van der Waals surface area contributed by atoms with Crippen molar-refractivity contribution in [3.63, 3.8) is 0 Å². The zero-order chi connectivity index (χ0) is 21.6. The highest BCUT2D eigenvalue weighted by atomic mass is 32.2. The summed E-state index contributed by atoms with van der Waals surface area (Å²) in [4.78, 5) is 12.4. The Morgan fingerprint density at radius 2 is 1.87 bits per heavy atom. The molecule has 0 spiro atoms. The van der Waals surface area contributed by atoms with Crippen LogP contribution in [0.4, 0.5) is 10.1 Å². The monoisotopic (exact) mass is 440 g/mol. The van der Waals surface area contributed by atoms with Crippen LogP contribution >= 0.6 is 11.8 Å². The van der Waals surface area contributed by atoms with Crippen molar-refractivity contribution in [2.45, 2.75) is 43.3 Å². The van der Waals surface area contributed by atoms with Gasteiger partial charge in [0.1, 0.15) is 11.6 Å². The van der Waals surface area contributed by atoms with Gasteiger partial charge in [-0.05, 0) is 49.2 Å². The lowest BCUT2D eigenvalue weighted by Gasteiger charge is -2.25. The summed E-state index contributed by atoms with van der Waals surface area (Å²) in [7, 11) is 1.64. The average molecular weight is 441 g/mol. The first kappa shape index (κ1) is 21.4. The van der Waals surface area contributed by atoms with E-state index in [1.54, 1.807) is 25.3 Å². The number of amides is 1. The third-order valence-electron chi connectivity index (χ3n) is 5.43. The predicted octanol–water partition coefficient (Wildman–Crippen LogP) is 5.33. The van der Waals surface area contributed by atoms with Gasteiger partial charge in [-0.2, -0.15) is 0 Å². The summed E-state index contributed by atoms with van der Waals surface area (Å²) in [6, 6.07) is 14.2. The Morgan fingerprint density at radius 1 is 1.13 bits per heavy atom. The van der Waals surface area contributed by atoms with Crippen LogP contribution in [0, 0.1) is 5.82 Å². The predicted molar refractivity (Wildman–Crippen MR) is 120 cm³/mol. The summed E-state index contributed by atoms with van der Waals surface area (Å²) in [6.45, 7) is 0. The Kier molecular flexibility index (Phi) is 6.86. The number of anilines is 1. The molecule has 1 amide bonds. The van der Waals surface area contributed by atoms with E-state index in [9.17, 15) is 9.18 Å². The van der Waals surface area contributed by atoms with Gasteiger partial charge >= 0.3 is 0 Å². The topological polar surface area (TPSA) is 69.0 Å². The number of para-hydroxylation sites is 1. The lowest BCUT2D eigenvalue weighted by atomic mass is 9.95. The standard InChI is InChI=1S/C23H25FN4O2S/c1-30-18-13-11-16(12-14-18)22-26-27-23(28(22)17-7-3-2-4-8-17)31-15-21(29)25-20-10-6-5-9-19(20)24/h5-6,9-14,17H,2-4,7-8,15H2,1H3,(H,25,29). The summed E-state index contributed by atoms with van der Waals surface area (Å²) in [5, 5.41) is 12.2. The van der Waals surface area contributed by atoms with E-state index in [-0.39, 0.29) is 17.3 Å². The van der Waals surface area contributed by atoms with Crippen LogP contribution in [-0.4, -0.2) is 33.5 Å². The molecule has 3 aromatic rings. The molecule has 1 heterocycles. The first-order chi connectivity index (χ1) is 15.2. The van der Waals surface area contributed by atoms with Crippen molar-refractivity contribution in [1.29, 1.82) is 0 Å². The molecule has 1 aliphatic rings. The van der Waals surface area contributed by atoms with Crippen LogP contribution in [0.2, 0.25) is 0 Å². The summed E-state index contributed by atoms with van der Waals surface area (Å²) in [5.41, 5.74) is 1.14. The molecule has 1 aromatic heterocycles. The number of halogens is 1. The minimum atomic E-state index is -0.451. The number of hydrogen-bond acceptors (Lipinski definition) is 5. The van der Waals surface area contributed by atoms with Crippen LogP contribution in [0.5, 0.6) is 5.75 Å². The second-order valence-corrected chi connectivity index (χ2v) is 8.46. The number of nitrogens with zero attached hydrogens (tertiary/aromatic N) is 3. The number of methoxy groups -OCH3 is 1. The van der Waals surface area contributed by atoms with Gasteiger partial charge in [0.15, 0.2) is 11.0 Å². The number of benzene rings is 2. The summed E-state index contributed by atoms with van der Waals surface area (Å²) < 4.78 is 21.2. The third kappa shape index (κ3) is 5.07. The molecule has 1 N–H and O–H groups in total. The minimum Gasteiger partial charge on any atom is -0.497 e. The highest BCUT2D eigenvalue weighted by Crippen LogP contribution is 2.36. The molecule has 0 saturated heterocycles. The van der Waals surface area contributed by atoms with Crippen molar-refractivity contribution in [2.24, 2.45) is 0 Å². The normalized spacial score (nSPS) is 14.4. The molecule has 1 fully saturated rings. The maximum Gasteiger partial charge on any atom is 0.234 e. The van der Waals surface area contributed by atoms with Gasteiger partial charge in [-0.15, -0.1) is 10.2 Å². The number of thioether (sulfide) groups is 1. The second kappa shape index (κ2) is 9.96. The molecule has 1 saturated carbocycles. The number of carbonyl (C=O) groups is 1. The molecule has 31 heavy (non-hydrogen) atoms. The van der Waals surface area contributed by atoms with E-state index < -0.39 is 5.82 Å². The smallest absolute Gasteiger partial charge is 0.234 e. The largest absolute Gasteiger partial charge is 0.497 e. The van der Waals surface area contributed by atoms with Crippen LogP contribution in [-0.2, 0) is 4.79 Å². The van der Waals surface area contributed by atoms with E-state index in [1.165, 1.54) is 37.1 Å². The van der Waals surface area contributed by atoms with Gasteiger partial charge in [0.2, 0.25) is 5.91 Å². The number of aromatic nitrogens is 3. The van der Waals surface area contributed by atoms with Gasteiger partial charge in [0, 0.05) is 11.6 Å². The molecule has 0 atom stereocenters. The Labute approximate surface area is 185 Å². The van der Waals surface area contributed by atoms with Crippen molar-refractivity contribution < 1.29 is 13.9 Å². The van der Waals surface area contributed by atoms with E-state index in [0.29, 0.717) is 11.2 Å². The van der Waals surface area contributed by atoms with Crippen molar-refractivity contribution in [3.05, 3.63) is 54.3 Å². The van der Waals surface area contributed by atoms with Crippen molar-refractivity contribution in [3.8, 4) is 17.1 Å². The minimum absolute atomic E-state index is 0.127. The van der Waals surface area contributed by atoms with Crippen LogP contribution in [0.25, 0.3) is 11.4 Å². The van der Waals surface area contributed by atoms with Gasteiger partial charge in [-0.25, -0.2) is 4.39 Å². The van der Waals surface area contributed by atoms with Gasteiger partial charge < -0.3 is 10.1 Å². The molecule has 6 nitrogen and oxygen atoms in total. The van der Waals surface area contributed by atoms with Gasteiger partial charge in [0.25, 0.3) is 0 Å². The number of rotatable bonds is 7. The first-order valence-corrected chi connectivity index (χ1v) is 11.4. The van der Waals surface area contributed by atoms with Crippen LogP contribution in [0.1, 0.15) is 38.1 Å². The molecule has 0 radical (unpaired) electrons. The van der Waals surface area contributed by atoms with Gasteiger partial charge in [-0.3, -0.25) is 9.36 Å². The second-order valence-electron chi connectivity index (χ2n) is 7.51. The molecule has 8 heteroatoms. The SMILES string of the molecule is COc1ccc(-c2nnc(SCC(=O)Nc3ccccc3F)n2C2CCCCC2)cc1. The first-order valence-electron chi connectivity index (χ1n) is 10.4. The lowest BCUT2D eigenvalue weighted by molar-refractivity contribution is -0.113. The molecule has 0 bridgehead atoms. The Bertz CT molecular complexity index is 1030. The number of nitrogens with one attached hydrogen (secondary N) is 1. The summed E-state index contributed by atoms with van der Waals surface area (Å²) in [5.74, 6) is 0.979. The maximum absolute atomic E-state index is 13.8. The zero-order valence-electron chi connectivity index (χ0n) is 17.4. The molecule has 162 valence electrons. The van der Waals surface area contributed by atoms with Crippen LogP contribution in [0.3, 0.4) is 0 Å². The molecule has 4 rings (SSSR count). The van der Waals surface area contributed by atoms with E-state index in [2.05, 4.69) is 20.1 Å². The number of ether oxygens (including phenoxy) is 1.